The van der Waals surface area contributed by atoms with Gasteiger partial charge in [0.2, 0.25) is 0 Å². The molecular weight excluding hydrogens is 296 g/mol. The largest absolute Gasteiger partial charge is 0.296 e. The normalized spacial score (nSPS) is 15.4. The Morgan fingerprint density at radius 1 is 1.05 bits per heavy atom. The van der Waals surface area contributed by atoms with E-state index in [0.717, 1.165) is 37.7 Å². The van der Waals surface area contributed by atoms with Crippen LogP contribution < -0.4 is 0 Å². The Morgan fingerprint density at radius 3 is 2.45 bits per heavy atom. The average molecular weight is 320 g/mol. The van der Waals surface area contributed by atoms with Gasteiger partial charge in [0.15, 0.2) is 0 Å². The van der Waals surface area contributed by atoms with E-state index in [2.05, 4.69) is 19.1 Å². The molecule has 120 valence electrons. The highest BCUT2D eigenvalue weighted by Crippen LogP contribution is 2.22. The van der Waals surface area contributed by atoms with E-state index in [1.54, 1.807) is 24.3 Å². The zero-order valence-electron chi connectivity index (χ0n) is 13.3. The summed E-state index contributed by atoms with van der Waals surface area (Å²) in [6, 6.07) is 6.74. The zero-order valence-corrected chi connectivity index (χ0v) is 14.2. The molecule has 4 heteroatoms. The van der Waals surface area contributed by atoms with E-state index in [-0.39, 0.29) is 11.5 Å². The molecule has 0 atom stereocenters. The molecule has 2 rings (SSSR count). The molecule has 0 amide bonds. The molecule has 0 aromatic heterocycles. The molecule has 0 saturated heterocycles. The van der Waals surface area contributed by atoms with Gasteiger partial charge in [0.1, 0.15) is 0 Å². The molecule has 1 aromatic carbocycles. The summed E-state index contributed by atoms with van der Waals surface area (Å²) in [5.41, 5.74) is 3.92. The molecule has 0 bridgehead atoms. The van der Waals surface area contributed by atoms with Gasteiger partial charge < -0.3 is 0 Å². The molecule has 0 fully saturated rings. The number of aryl methyl sites for hydroxylation is 1. The van der Waals surface area contributed by atoms with Crippen molar-refractivity contribution in [3.05, 3.63) is 53.1 Å². The van der Waals surface area contributed by atoms with E-state index in [1.807, 2.05) is 6.92 Å². The summed E-state index contributed by atoms with van der Waals surface area (Å²) in [6.07, 6.45) is 9.35. The summed E-state index contributed by atoms with van der Waals surface area (Å²) in [6.45, 7) is 4.33. The number of benzene rings is 1. The first-order valence-corrected chi connectivity index (χ1v) is 9.18. The van der Waals surface area contributed by atoms with Gasteiger partial charge in [-0.2, -0.15) is 8.42 Å². The Bertz CT molecular complexity index is 652. The van der Waals surface area contributed by atoms with Crippen molar-refractivity contribution in [2.24, 2.45) is 0 Å². The van der Waals surface area contributed by atoms with Crippen LogP contribution >= 0.6 is 0 Å². The van der Waals surface area contributed by atoms with Gasteiger partial charge in [0.25, 0.3) is 10.1 Å². The number of allylic oxidation sites excluding steroid dienone is 4. The molecule has 0 spiro atoms. The minimum atomic E-state index is -3.61. The highest BCUT2D eigenvalue weighted by Gasteiger charge is 2.14. The number of hydrogen-bond acceptors (Lipinski definition) is 3. The van der Waals surface area contributed by atoms with Crippen molar-refractivity contribution >= 4 is 10.1 Å². The van der Waals surface area contributed by atoms with Gasteiger partial charge in [-0.25, -0.2) is 0 Å². The first-order chi connectivity index (χ1) is 10.5. The fourth-order valence-electron chi connectivity index (χ4n) is 2.52. The third-order valence-electron chi connectivity index (χ3n) is 3.82. The van der Waals surface area contributed by atoms with E-state index < -0.39 is 10.1 Å². The second-order valence-electron chi connectivity index (χ2n) is 5.87. The highest BCUT2D eigenvalue weighted by atomic mass is 32.2. The van der Waals surface area contributed by atoms with E-state index in [0.29, 0.717) is 0 Å². The second kappa shape index (κ2) is 7.75. The van der Waals surface area contributed by atoms with Crippen molar-refractivity contribution in [2.75, 3.05) is 6.61 Å². The first kappa shape index (κ1) is 17.0. The van der Waals surface area contributed by atoms with Gasteiger partial charge in [0.05, 0.1) is 11.5 Å². The topological polar surface area (TPSA) is 43.4 Å². The summed E-state index contributed by atoms with van der Waals surface area (Å²) < 4.78 is 29.1. The summed E-state index contributed by atoms with van der Waals surface area (Å²) in [4.78, 5) is 0.230. The molecule has 1 aromatic rings. The van der Waals surface area contributed by atoms with Crippen LogP contribution in [0.1, 0.15) is 44.6 Å². The summed E-state index contributed by atoms with van der Waals surface area (Å²) in [7, 11) is -3.61. The van der Waals surface area contributed by atoms with Gasteiger partial charge >= 0.3 is 0 Å². The van der Waals surface area contributed by atoms with Crippen LogP contribution in [0.25, 0.3) is 0 Å². The summed E-state index contributed by atoms with van der Waals surface area (Å²) in [5, 5.41) is 0. The lowest BCUT2D eigenvalue weighted by Crippen LogP contribution is -2.07. The molecule has 0 radical (unpaired) electrons. The van der Waals surface area contributed by atoms with Crippen LogP contribution in [-0.4, -0.2) is 15.0 Å². The van der Waals surface area contributed by atoms with Crippen LogP contribution in [0.15, 0.2) is 52.5 Å². The van der Waals surface area contributed by atoms with Gasteiger partial charge in [-0.15, -0.1) is 0 Å². The summed E-state index contributed by atoms with van der Waals surface area (Å²) >= 11 is 0. The van der Waals surface area contributed by atoms with Crippen LogP contribution in [0.5, 0.6) is 0 Å². The van der Waals surface area contributed by atoms with E-state index >= 15 is 0 Å². The third kappa shape index (κ3) is 5.11. The lowest BCUT2D eigenvalue weighted by molar-refractivity contribution is 0.308. The lowest BCUT2D eigenvalue weighted by Gasteiger charge is -2.12. The van der Waals surface area contributed by atoms with Gasteiger partial charge in [0, 0.05) is 0 Å². The van der Waals surface area contributed by atoms with Crippen LogP contribution in [0.4, 0.5) is 0 Å². The molecule has 0 saturated carbocycles. The maximum absolute atomic E-state index is 12.0. The number of hydrogen-bond donors (Lipinski definition) is 0. The monoisotopic (exact) mass is 320 g/mol. The Labute approximate surface area is 133 Å². The van der Waals surface area contributed by atoms with Crippen molar-refractivity contribution in [1.82, 2.24) is 0 Å². The van der Waals surface area contributed by atoms with E-state index in [4.69, 9.17) is 4.18 Å². The average Bonchev–Trinajstić information content (AvgIpc) is 2.47. The number of rotatable bonds is 7. The van der Waals surface area contributed by atoms with Crippen molar-refractivity contribution in [2.45, 2.75) is 50.8 Å². The van der Waals surface area contributed by atoms with Crippen LogP contribution in [0.2, 0.25) is 0 Å². The fourth-order valence-corrected chi connectivity index (χ4v) is 3.46. The van der Waals surface area contributed by atoms with Crippen molar-refractivity contribution in [3.63, 3.8) is 0 Å². The SMILES string of the molecule is CC1=CCC=C(CCCCOS(=O)(=O)c2ccc(C)cc2)C1. The van der Waals surface area contributed by atoms with Crippen molar-refractivity contribution in [3.8, 4) is 0 Å². The molecule has 0 N–H and O–H groups in total. The Hall–Kier alpha value is -1.39. The molecule has 1 aliphatic carbocycles. The lowest BCUT2D eigenvalue weighted by atomic mass is 9.95. The fraction of sp³-hybridized carbons (Fsp3) is 0.444. The third-order valence-corrected chi connectivity index (χ3v) is 5.15. The van der Waals surface area contributed by atoms with Crippen LogP contribution in [0.3, 0.4) is 0 Å². The maximum Gasteiger partial charge on any atom is 0.296 e. The molecule has 3 nitrogen and oxygen atoms in total. The Morgan fingerprint density at radius 2 is 1.77 bits per heavy atom. The molecule has 0 unspecified atom stereocenters. The smallest absolute Gasteiger partial charge is 0.266 e. The molecule has 1 aliphatic rings. The Balaban J connectivity index is 1.72. The Kier molecular flexibility index (Phi) is 5.98. The zero-order chi connectivity index (χ0) is 16.0. The minimum absolute atomic E-state index is 0.230. The van der Waals surface area contributed by atoms with E-state index in [9.17, 15) is 8.42 Å². The van der Waals surface area contributed by atoms with Crippen molar-refractivity contribution in [1.29, 1.82) is 0 Å². The van der Waals surface area contributed by atoms with Crippen molar-refractivity contribution < 1.29 is 12.6 Å². The molecule has 22 heavy (non-hydrogen) atoms. The second-order valence-corrected chi connectivity index (χ2v) is 7.49. The molecule has 0 aliphatic heterocycles. The summed E-state index contributed by atoms with van der Waals surface area (Å²) in [5.74, 6) is 0. The predicted octanol–water partition coefficient (Wildman–Crippen LogP) is 4.54. The van der Waals surface area contributed by atoms with E-state index in [1.165, 1.54) is 11.1 Å². The standard InChI is InChI=1S/C18H24O3S/c1-15-9-11-18(12-10-15)22(19,20)21-13-4-3-7-17-8-5-6-16(2)14-17/h6,8-12H,3-5,7,13-14H2,1-2H3. The number of unbranched alkanes of at least 4 members (excludes halogenated alkanes) is 1. The van der Waals surface area contributed by atoms with Crippen LogP contribution in [-0.2, 0) is 14.3 Å². The quantitative estimate of drug-likeness (QED) is 0.421. The molecule has 0 heterocycles. The maximum atomic E-state index is 12.0. The van der Waals surface area contributed by atoms with Gasteiger partial charge in [-0.3, -0.25) is 4.18 Å². The first-order valence-electron chi connectivity index (χ1n) is 7.77. The van der Waals surface area contributed by atoms with Crippen LogP contribution in [0, 0.1) is 6.92 Å². The molecular formula is C18H24O3S. The van der Waals surface area contributed by atoms with Gasteiger partial charge in [-0.1, -0.05) is 41.0 Å². The highest BCUT2D eigenvalue weighted by molar-refractivity contribution is 7.86. The predicted molar refractivity (Wildman–Crippen MR) is 89.2 cm³/mol. The minimum Gasteiger partial charge on any atom is -0.266 e. The van der Waals surface area contributed by atoms with Gasteiger partial charge in [-0.05, 0) is 58.1 Å².